The molecule has 5 nitrogen and oxygen atoms in total. The molecule has 6 heteroatoms. The van der Waals surface area contributed by atoms with Crippen molar-refractivity contribution < 1.29 is 14.3 Å². The van der Waals surface area contributed by atoms with E-state index in [1.807, 2.05) is 6.92 Å². The first kappa shape index (κ1) is 15.4. The molecule has 21 heavy (non-hydrogen) atoms. The normalized spacial score (nSPS) is 17.8. The van der Waals surface area contributed by atoms with Crippen molar-refractivity contribution in [2.45, 2.75) is 32.7 Å². The van der Waals surface area contributed by atoms with Crippen LogP contribution in [0.5, 0.6) is 0 Å². The number of amides is 1. The molecule has 1 aliphatic heterocycles. The molecule has 1 aliphatic rings. The molecule has 2 rings (SSSR count). The van der Waals surface area contributed by atoms with Gasteiger partial charge in [0.25, 0.3) is 5.91 Å². The predicted octanol–water partition coefficient (Wildman–Crippen LogP) is 2.25. The number of rotatable bonds is 5. The van der Waals surface area contributed by atoms with Gasteiger partial charge in [0.1, 0.15) is 6.04 Å². The van der Waals surface area contributed by atoms with Crippen molar-refractivity contribution in [3.05, 3.63) is 29.8 Å². The lowest BCUT2D eigenvalue weighted by Crippen LogP contribution is -2.30. The number of hydrogen-bond acceptors (Lipinski definition) is 4. The Morgan fingerprint density at radius 2 is 2.05 bits per heavy atom. The minimum absolute atomic E-state index is 0.0988. The van der Waals surface area contributed by atoms with Gasteiger partial charge in [-0.15, -0.1) is 0 Å². The number of benzene rings is 1. The molecule has 0 saturated carbocycles. The van der Waals surface area contributed by atoms with Crippen molar-refractivity contribution in [2.24, 2.45) is 0 Å². The molecule has 1 heterocycles. The fourth-order valence-corrected chi connectivity index (χ4v) is 2.36. The Kier molecular flexibility index (Phi) is 4.90. The van der Waals surface area contributed by atoms with Gasteiger partial charge in [-0.1, -0.05) is 13.3 Å². The number of hydrogen-bond donors (Lipinski definition) is 1. The van der Waals surface area contributed by atoms with E-state index in [-0.39, 0.29) is 17.9 Å². The van der Waals surface area contributed by atoms with Gasteiger partial charge >= 0.3 is 5.97 Å². The minimum Gasteiger partial charge on any atom is -0.462 e. The SMILES string of the molecule is CCCCOC(=O)c1ccc(N2C(=O)[C@H](C)NC2=S)cc1. The third-order valence-corrected chi connectivity index (χ3v) is 3.53. The molecule has 1 aromatic carbocycles. The first-order chi connectivity index (χ1) is 10.0. The molecule has 0 aliphatic carbocycles. The van der Waals surface area contributed by atoms with Crippen LogP contribution in [0, 0.1) is 0 Å². The average Bonchev–Trinajstić information content (AvgIpc) is 2.72. The highest BCUT2D eigenvalue weighted by molar-refractivity contribution is 7.80. The van der Waals surface area contributed by atoms with Gasteiger partial charge in [0.15, 0.2) is 5.11 Å². The summed E-state index contributed by atoms with van der Waals surface area (Å²) < 4.78 is 5.14. The highest BCUT2D eigenvalue weighted by atomic mass is 32.1. The summed E-state index contributed by atoms with van der Waals surface area (Å²) >= 11 is 5.13. The first-order valence-electron chi connectivity index (χ1n) is 6.96. The smallest absolute Gasteiger partial charge is 0.338 e. The van der Waals surface area contributed by atoms with Crippen LogP contribution >= 0.6 is 12.2 Å². The fraction of sp³-hybridized carbons (Fsp3) is 0.400. The number of carbonyl (C=O) groups is 2. The third kappa shape index (κ3) is 3.39. The van der Waals surface area contributed by atoms with E-state index < -0.39 is 0 Å². The lowest BCUT2D eigenvalue weighted by Gasteiger charge is -2.15. The zero-order valence-electron chi connectivity index (χ0n) is 12.1. The topological polar surface area (TPSA) is 58.6 Å². The van der Waals surface area contributed by atoms with E-state index in [4.69, 9.17) is 17.0 Å². The Morgan fingerprint density at radius 3 is 2.57 bits per heavy atom. The van der Waals surface area contributed by atoms with Gasteiger partial charge in [0.2, 0.25) is 0 Å². The Bertz CT molecular complexity index is 557. The monoisotopic (exact) mass is 306 g/mol. The Morgan fingerprint density at radius 1 is 1.38 bits per heavy atom. The molecular formula is C15H18N2O3S. The van der Waals surface area contributed by atoms with Gasteiger partial charge in [-0.25, -0.2) is 4.79 Å². The molecule has 1 fully saturated rings. The van der Waals surface area contributed by atoms with E-state index in [9.17, 15) is 9.59 Å². The van der Waals surface area contributed by atoms with Gasteiger partial charge in [0.05, 0.1) is 17.9 Å². The quantitative estimate of drug-likeness (QED) is 0.514. The molecule has 0 unspecified atom stereocenters. The van der Waals surface area contributed by atoms with Crippen LogP contribution in [-0.4, -0.2) is 29.6 Å². The lowest BCUT2D eigenvalue weighted by molar-refractivity contribution is -0.117. The predicted molar refractivity (Wildman–Crippen MR) is 84.3 cm³/mol. The summed E-state index contributed by atoms with van der Waals surface area (Å²) in [6, 6.07) is 6.35. The van der Waals surface area contributed by atoms with Gasteiger partial charge in [0, 0.05) is 0 Å². The zero-order chi connectivity index (χ0) is 15.4. The number of carbonyl (C=O) groups excluding carboxylic acids is 2. The number of nitrogens with zero attached hydrogens (tertiary/aromatic N) is 1. The Hall–Kier alpha value is -1.95. The number of thiocarbonyl (C=S) groups is 1. The van der Waals surface area contributed by atoms with Crippen LogP contribution < -0.4 is 10.2 Å². The van der Waals surface area contributed by atoms with Crippen LogP contribution in [0.2, 0.25) is 0 Å². The second-order valence-corrected chi connectivity index (χ2v) is 5.27. The standard InChI is InChI=1S/C15H18N2O3S/c1-3-4-9-20-14(19)11-5-7-12(8-6-11)17-13(18)10(2)16-15(17)21/h5-8,10H,3-4,9H2,1-2H3,(H,16,21)/t10-/m0/s1. The van der Waals surface area contributed by atoms with Crippen LogP contribution in [0.1, 0.15) is 37.0 Å². The molecule has 1 amide bonds. The summed E-state index contributed by atoms with van der Waals surface area (Å²) in [4.78, 5) is 25.2. The molecule has 112 valence electrons. The molecule has 1 aromatic rings. The number of ether oxygens (including phenoxy) is 1. The molecule has 1 N–H and O–H groups in total. The second-order valence-electron chi connectivity index (χ2n) is 4.88. The molecule has 0 radical (unpaired) electrons. The van der Waals surface area contributed by atoms with Crippen molar-refractivity contribution in [3.8, 4) is 0 Å². The summed E-state index contributed by atoms with van der Waals surface area (Å²) in [5.74, 6) is -0.449. The Balaban J connectivity index is 2.07. The van der Waals surface area contributed by atoms with E-state index >= 15 is 0 Å². The highest BCUT2D eigenvalue weighted by Gasteiger charge is 2.33. The first-order valence-corrected chi connectivity index (χ1v) is 7.37. The van der Waals surface area contributed by atoms with Gasteiger partial charge in [-0.2, -0.15) is 0 Å². The number of unbranched alkanes of at least 4 members (excludes halogenated alkanes) is 1. The maximum absolute atomic E-state index is 12.0. The van der Waals surface area contributed by atoms with Crippen molar-refractivity contribution >= 4 is 34.9 Å². The van der Waals surface area contributed by atoms with Crippen molar-refractivity contribution in [1.29, 1.82) is 0 Å². The van der Waals surface area contributed by atoms with Crippen LogP contribution in [0.4, 0.5) is 5.69 Å². The lowest BCUT2D eigenvalue weighted by atomic mass is 10.2. The Labute approximate surface area is 129 Å². The fourth-order valence-electron chi connectivity index (χ4n) is 1.99. The van der Waals surface area contributed by atoms with Crippen LogP contribution in [0.15, 0.2) is 24.3 Å². The maximum Gasteiger partial charge on any atom is 0.338 e. The molecule has 0 spiro atoms. The van der Waals surface area contributed by atoms with E-state index in [2.05, 4.69) is 5.32 Å². The van der Waals surface area contributed by atoms with Gasteiger partial charge in [-0.05, 0) is 49.8 Å². The minimum atomic E-state index is -0.350. The van der Waals surface area contributed by atoms with Crippen LogP contribution in [0.3, 0.4) is 0 Å². The molecule has 1 atom stereocenters. The number of anilines is 1. The van der Waals surface area contributed by atoms with Crippen molar-refractivity contribution in [1.82, 2.24) is 5.32 Å². The van der Waals surface area contributed by atoms with Crippen LogP contribution in [-0.2, 0) is 9.53 Å². The maximum atomic E-state index is 12.0. The third-order valence-electron chi connectivity index (χ3n) is 3.23. The highest BCUT2D eigenvalue weighted by Crippen LogP contribution is 2.20. The molecular weight excluding hydrogens is 288 g/mol. The summed E-state index contributed by atoms with van der Waals surface area (Å²) in [6.07, 6.45) is 1.83. The second kappa shape index (κ2) is 6.67. The van der Waals surface area contributed by atoms with E-state index in [1.54, 1.807) is 31.2 Å². The van der Waals surface area contributed by atoms with Gasteiger partial charge < -0.3 is 10.1 Å². The van der Waals surface area contributed by atoms with E-state index in [0.29, 0.717) is 23.0 Å². The summed E-state index contributed by atoms with van der Waals surface area (Å²) in [5, 5.41) is 3.28. The number of esters is 1. The molecule has 0 aromatic heterocycles. The van der Waals surface area contributed by atoms with Crippen molar-refractivity contribution in [2.75, 3.05) is 11.5 Å². The van der Waals surface area contributed by atoms with Gasteiger partial charge in [-0.3, -0.25) is 9.69 Å². The summed E-state index contributed by atoms with van der Waals surface area (Å²) in [5.41, 5.74) is 1.11. The van der Waals surface area contributed by atoms with Crippen LogP contribution in [0.25, 0.3) is 0 Å². The largest absolute Gasteiger partial charge is 0.462 e. The average molecular weight is 306 g/mol. The zero-order valence-corrected chi connectivity index (χ0v) is 12.9. The number of nitrogens with one attached hydrogen (secondary N) is 1. The van der Waals surface area contributed by atoms with Crippen molar-refractivity contribution in [3.63, 3.8) is 0 Å². The van der Waals surface area contributed by atoms with E-state index in [0.717, 1.165) is 12.8 Å². The summed E-state index contributed by atoms with van der Waals surface area (Å²) in [6.45, 7) is 4.22. The molecule has 1 saturated heterocycles. The molecule has 0 bridgehead atoms. The summed E-state index contributed by atoms with van der Waals surface area (Å²) in [7, 11) is 0. The van der Waals surface area contributed by atoms with E-state index in [1.165, 1.54) is 4.90 Å².